The molecule has 0 saturated carbocycles. The quantitative estimate of drug-likeness (QED) is 0.913. The van der Waals surface area contributed by atoms with E-state index in [2.05, 4.69) is 22.3 Å². The van der Waals surface area contributed by atoms with Gasteiger partial charge in [0.2, 0.25) is 0 Å². The molecule has 0 aliphatic carbocycles. The number of aliphatic carboxylic acids is 1. The Balaban J connectivity index is 1.62. The van der Waals surface area contributed by atoms with Gasteiger partial charge < -0.3 is 9.67 Å². The summed E-state index contributed by atoms with van der Waals surface area (Å²) in [5, 5.41) is 17.6. The minimum atomic E-state index is -0.718. The number of carbonyl (C=O) groups is 1. The van der Waals surface area contributed by atoms with Crippen molar-refractivity contribution in [2.45, 2.75) is 38.6 Å². The number of nitrogens with zero attached hydrogens (tertiary/aromatic N) is 3. The zero-order chi connectivity index (χ0) is 14.7. The lowest BCUT2D eigenvalue weighted by Gasteiger charge is -2.21. The number of hydrogen-bond acceptors (Lipinski definition) is 3. The van der Waals surface area contributed by atoms with Crippen LogP contribution in [0.2, 0.25) is 0 Å². The predicted molar refractivity (Wildman–Crippen MR) is 77.9 cm³/mol. The summed E-state index contributed by atoms with van der Waals surface area (Å²) in [6, 6.07) is 10.4. The molecule has 1 unspecified atom stereocenters. The van der Waals surface area contributed by atoms with Gasteiger partial charge in [0.15, 0.2) is 0 Å². The van der Waals surface area contributed by atoms with Crippen LogP contribution in [0, 0.1) is 5.92 Å². The molecule has 0 amide bonds. The minimum Gasteiger partial charge on any atom is -0.481 e. The third-order valence-electron chi connectivity index (χ3n) is 4.08. The second kappa shape index (κ2) is 6.08. The van der Waals surface area contributed by atoms with Crippen molar-refractivity contribution in [3.63, 3.8) is 0 Å². The van der Waals surface area contributed by atoms with Gasteiger partial charge in [-0.1, -0.05) is 30.3 Å². The van der Waals surface area contributed by atoms with Crippen molar-refractivity contribution >= 4 is 5.97 Å². The molecule has 110 valence electrons. The van der Waals surface area contributed by atoms with Crippen LogP contribution in [0.15, 0.2) is 30.3 Å². The van der Waals surface area contributed by atoms with Crippen LogP contribution < -0.4 is 0 Å². The first-order chi connectivity index (χ1) is 10.2. The Labute approximate surface area is 123 Å². The van der Waals surface area contributed by atoms with Crippen molar-refractivity contribution in [1.82, 2.24) is 14.8 Å². The SMILES string of the molecule is O=C(O)C1CCc2nnc(CCCc3ccccc3)n2C1. The number of fused-ring (bicyclic) bond motifs is 1. The number of benzene rings is 1. The van der Waals surface area contributed by atoms with Crippen molar-refractivity contribution in [3.8, 4) is 0 Å². The molecule has 5 heteroatoms. The maximum Gasteiger partial charge on any atom is 0.308 e. The molecule has 0 fully saturated rings. The standard InChI is InChI=1S/C16H19N3O2/c20-16(21)13-9-10-15-18-17-14(19(15)11-13)8-4-7-12-5-2-1-3-6-12/h1-3,5-6,13H,4,7-11H2,(H,20,21). The summed E-state index contributed by atoms with van der Waals surface area (Å²) in [7, 11) is 0. The first-order valence-electron chi connectivity index (χ1n) is 7.41. The first-order valence-corrected chi connectivity index (χ1v) is 7.41. The van der Waals surface area contributed by atoms with E-state index in [0.717, 1.165) is 30.9 Å². The van der Waals surface area contributed by atoms with E-state index >= 15 is 0 Å². The Morgan fingerprint density at radius 1 is 1.24 bits per heavy atom. The molecule has 2 heterocycles. The molecule has 1 atom stereocenters. The van der Waals surface area contributed by atoms with Gasteiger partial charge in [0, 0.05) is 19.4 Å². The number of hydrogen-bond donors (Lipinski definition) is 1. The van der Waals surface area contributed by atoms with E-state index in [1.54, 1.807) is 0 Å². The van der Waals surface area contributed by atoms with Crippen molar-refractivity contribution in [2.24, 2.45) is 5.92 Å². The van der Waals surface area contributed by atoms with Crippen molar-refractivity contribution < 1.29 is 9.90 Å². The molecule has 1 aromatic heterocycles. The topological polar surface area (TPSA) is 68.0 Å². The first kappa shape index (κ1) is 13.8. The summed E-state index contributed by atoms with van der Waals surface area (Å²) < 4.78 is 2.01. The largest absolute Gasteiger partial charge is 0.481 e. The zero-order valence-electron chi connectivity index (χ0n) is 11.9. The maximum atomic E-state index is 11.1. The highest BCUT2D eigenvalue weighted by Crippen LogP contribution is 2.21. The van der Waals surface area contributed by atoms with Crippen molar-refractivity contribution in [3.05, 3.63) is 47.5 Å². The average Bonchev–Trinajstić information content (AvgIpc) is 2.91. The van der Waals surface area contributed by atoms with Crippen LogP contribution in [0.4, 0.5) is 0 Å². The lowest BCUT2D eigenvalue weighted by molar-refractivity contribution is -0.142. The van der Waals surface area contributed by atoms with E-state index in [-0.39, 0.29) is 5.92 Å². The van der Waals surface area contributed by atoms with Crippen molar-refractivity contribution in [2.75, 3.05) is 0 Å². The second-order valence-electron chi connectivity index (χ2n) is 5.56. The molecule has 2 aromatic rings. The molecule has 1 N–H and O–H groups in total. The van der Waals surface area contributed by atoms with E-state index < -0.39 is 5.97 Å². The van der Waals surface area contributed by atoms with E-state index in [4.69, 9.17) is 5.11 Å². The van der Waals surface area contributed by atoms with Gasteiger partial charge in [0.1, 0.15) is 11.6 Å². The van der Waals surface area contributed by atoms with Gasteiger partial charge in [-0.15, -0.1) is 10.2 Å². The molecule has 1 aliphatic rings. The highest BCUT2D eigenvalue weighted by molar-refractivity contribution is 5.70. The summed E-state index contributed by atoms with van der Waals surface area (Å²) in [4.78, 5) is 11.1. The smallest absolute Gasteiger partial charge is 0.308 e. The number of aryl methyl sites for hydroxylation is 3. The Morgan fingerprint density at radius 2 is 2.05 bits per heavy atom. The molecule has 0 bridgehead atoms. The monoisotopic (exact) mass is 285 g/mol. The lowest BCUT2D eigenvalue weighted by Crippen LogP contribution is -2.27. The van der Waals surface area contributed by atoms with Gasteiger partial charge in [0.25, 0.3) is 0 Å². The summed E-state index contributed by atoms with van der Waals surface area (Å²) in [5.41, 5.74) is 1.32. The van der Waals surface area contributed by atoms with Crippen molar-refractivity contribution in [1.29, 1.82) is 0 Å². The normalized spacial score (nSPS) is 17.4. The zero-order valence-corrected chi connectivity index (χ0v) is 11.9. The van der Waals surface area contributed by atoms with E-state index in [9.17, 15) is 4.79 Å². The van der Waals surface area contributed by atoms with Crippen LogP contribution in [-0.4, -0.2) is 25.8 Å². The van der Waals surface area contributed by atoms with Crippen LogP contribution in [0.1, 0.15) is 30.1 Å². The third kappa shape index (κ3) is 3.12. The van der Waals surface area contributed by atoms with Gasteiger partial charge in [-0.25, -0.2) is 0 Å². The van der Waals surface area contributed by atoms with Crippen LogP contribution >= 0.6 is 0 Å². The van der Waals surface area contributed by atoms with E-state index in [1.165, 1.54) is 5.56 Å². The molecule has 1 aromatic carbocycles. The molecule has 5 nitrogen and oxygen atoms in total. The number of carboxylic acids is 1. The van der Waals surface area contributed by atoms with Crippen LogP contribution in [0.5, 0.6) is 0 Å². The molecule has 0 saturated heterocycles. The highest BCUT2D eigenvalue weighted by atomic mass is 16.4. The number of aromatic nitrogens is 3. The summed E-state index contributed by atoms with van der Waals surface area (Å²) >= 11 is 0. The van der Waals surface area contributed by atoms with Gasteiger partial charge >= 0.3 is 5.97 Å². The Kier molecular flexibility index (Phi) is 3.99. The van der Waals surface area contributed by atoms with Crippen LogP contribution in [0.25, 0.3) is 0 Å². The Bertz CT molecular complexity index is 622. The van der Waals surface area contributed by atoms with Crippen LogP contribution in [0.3, 0.4) is 0 Å². The number of carboxylic acid groups (broad SMARTS) is 1. The maximum absolute atomic E-state index is 11.1. The fourth-order valence-electron chi connectivity index (χ4n) is 2.86. The molecule has 3 rings (SSSR count). The number of rotatable bonds is 5. The molecule has 21 heavy (non-hydrogen) atoms. The van der Waals surface area contributed by atoms with Gasteiger partial charge in [-0.2, -0.15) is 0 Å². The van der Waals surface area contributed by atoms with Gasteiger partial charge in [-0.3, -0.25) is 4.79 Å². The average molecular weight is 285 g/mol. The highest BCUT2D eigenvalue weighted by Gasteiger charge is 2.27. The molecule has 0 radical (unpaired) electrons. The third-order valence-corrected chi connectivity index (χ3v) is 4.08. The molecule has 1 aliphatic heterocycles. The van der Waals surface area contributed by atoms with Gasteiger partial charge in [0.05, 0.1) is 5.92 Å². The second-order valence-corrected chi connectivity index (χ2v) is 5.56. The molecular weight excluding hydrogens is 266 g/mol. The lowest BCUT2D eigenvalue weighted by atomic mass is 9.99. The fourth-order valence-corrected chi connectivity index (χ4v) is 2.86. The Hall–Kier alpha value is -2.17. The van der Waals surface area contributed by atoms with E-state index in [1.807, 2.05) is 22.8 Å². The molecular formula is C16H19N3O2. The summed E-state index contributed by atoms with van der Waals surface area (Å²) in [6.07, 6.45) is 4.22. The van der Waals surface area contributed by atoms with Crippen LogP contribution in [-0.2, 0) is 30.6 Å². The predicted octanol–water partition coefficient (Wildman–Crippen LogP) is 2.10. The fraction of sp³-hybridized carbons (Fsp3) is 0.438. The Morgan fingerprint density at radius 3 is 2.81 bits per heavy atom. The summed E-state index contributed by atoms with van der Waals surface area (Å²) in [6.45, 7) is 0.512. The van der Waals surface area contributed by atoms with E-state index in [0.29, 0.717) is 19.4 Å². The summed E-state index contributed by atoms with van der Waals surface area (Å²) in [5.74, 6) is 0.833. The van der Waals surface area contributed by atoms with Gasteiger partial charge in [-0.05, 0) is 24.8 Å². The molecule has 0 spiro atoms. The minimum absolute atomic E-state index is 0.304.